The van der Waals surface area contributed by atoms with Crippen LogP contribution in [-0.2, 0) is 6.54 Å². The first-order valence-corrected chi connectivity index (χ1v) is 8.46. The Morgan fingerprint density at radius 1 is 1.12 bits per heavy atom. The molecule has 0 aliphatic carbocycles. The minimum atomic E-state index is -0.374. The van der Waals surface area contributed by atoms with Gasteiger partial charge >= 0.3 is 5.63 Å². The Balaban J connectivity index is 1.98. The number of hydrogen-bond donors (Lipinski definition) is 1. The van der Waals surface area contributed by atoms with Crippen molar-refractivity contribution >= 4 is 22.6 Å². The van der Waals surface area contributed by atoms with Gasteiger partial charge in [-0.25, -0.2) is 4.79 Å². The first-order chi connectivity index (χ1) is 12.4. The molecule has 0 atom stereocenters. The summed E-state index contributed by atoms with van der Waals surface area (Å²) in [6, 6.07) is 12.8. The topological polar surface area (TPSA) is 62.6 Å². The molecule has 0 saturated carbocycles. The van der Waals surface area contributed by atoms with Crippen LogP contribution in [0.25, 0.3) is 11.0 Å². The van der Waals surface area contributed by atoms with Crippen LogP contribution in [0.2, 0.25) is 0 Å². The second-order valence-corrected chi connectivity index (χ2v) is 6.57. The fourth-order valence-electron chi connectivity index (χ4n) is 2.93. The van der Waals surface area contributed by atoms with Crippen molar-refractivity contribution in [3.05, 3.63) is 75.1 Å². The number of carbonyl (C=O) groups is 1. The van der Waals surface area contributed by atoms with E-state index in [-0.39, 0.29) is 11.5 Å². The zero-order valence-corrected chi connectivity index (χ0v) is 15.4. The Morgan fingerprint density at radius 3 is 2.58 bits per heavy atom. The molecule has 3 rings (SSSR count). The number of anilines is 1. The lowest BCUT2D eigenvalue weighted by atomic mass is 10.0. The summed E-state index contributed by atoms with van der Waals surface area (Å²) in [4.78, 5) is 25.9. The summed E-state index contributed by atoms with van der Waals surface area (Å²) < 4.78 is 5.42. The van der Waals surface area contributed by atoms with Crippen LogP contribution in [-0.4, -0.2) is 24.9 Å². The molecule has 1 aromatic heterocycles. The number of para-hydroxylation sites is 1. The van der Waals surface area contributed by atoms with Gasteiger partial charge in [-0.1, -0.05) is 24.3 Å². The van der Waals surface area contributed by atoms with Gasteiger partial charge in [-0.05, 0) is 42.7 Å². The molecule has 3 aromatic rings. The Morgan fingerprint density at radius 2 is 1.85 bits per heavy atom. The molecule has 1 N–H and O–H groups in total. The molecule has 0 aliphatic heterocycles. The highest BCUT2D eigenvalue weighted by Crippen LogP contribution is 2.24. The molecule has 1 amide bonds. The van der Waals surface area contributed by atoms with Gasteiger partial charge in [0.2, 0.25) is 0 Å². The lowest BCUT2D eigenvalue weighted by Crippen LogP contribution is -2.23. The molecule has 134 valence electrons. The summed E-state index contributed by atoms with van der Waals surface area (Å²) in [6.45, 7) is 4.36. The molecule has 0 saturated heterocycles. The zero-order valence-electron chi connectivity index (χ0n) is 15.4. The van der Waals surface area contributed by atoms with Crippen molar-refractivity contribution < 1.29 is 9.21 Å². The fraction of sp³-hybridized carbons (Fsp3) is 0.238. The van der Waals surface area contributed by atoms with Crippen LogP contribution in [0.3, 0.4) is 0 Å². The van der Waals surface area contributed by atoms with E-state index in [9.17, 15) is 9.59 Å². The Hall–Kier alpha value is -3.08. The maximum absolute atomic E-state index is 12.3. The van der Waals surface area contributed by atoms with E-state index >= 15 is 0 Å². The molecular formula is C21H22N2O3. The Kier molecular flexibility index (Phi) is 4.80. The van der Waals surface area contributed by atoms with E-state index in [0.29, 0.717) is 17.7 Å². The predicted octanol–water partition coefficient (Wildman–Crippen LogP) is 3.72. The van der Waals surface area contributed by atoms with Crippen LogP contribution in [0.4, 0.5) is 5.69 Å². The number of nitrogens with zero attached hydrogens (tertiary/aromatic N) is 1. The standard InChI is InChI=1S/C21H22N2O3/c1-13-9-10-16-15(11-19(24)26-20(16)14(13)2)12-22-18-8-6-5-7-17(18)21(25)23(3)4/h5-11,22H,12H2,1-4H3. The molecule has 1 heterocycles. The van der Waals surface area contributed by atoms with Crippen LogP contribution < -0.4 is 10.9 Å². The zero-order chi connectivity index (χ0) is 18.8. The molecular weight excluding hydrogens is 328 g/mol. The van der Waals surface area contributed by atoms with E-state index in [1.807, 2.05) is 44.2 Å². The normalized spacial score (nSPS) is 10.8. The summed E-state index contributed by atoms with van der Waals surface area (Å²) in [5, 5.41) is 4.19. The summed E-state index contributed by atoms with van der Waals surface area (Å²) >= 11 is 0. The number of fused-ring (bicyclic) bond motifs is 1. The van der Waals surface area contributed by atoms with Crippen LogP contribution in [0.1, 0.15) is 27.0 Å². The molecule has 0 unspecified atom stereocenters. The molecule has 0 aliphatic rings. The van der Waals surface area contributed by atoms with Crippen molar-refractivity contribution in [2.45, 2.75) is 20.4 Å². The quantitative estimate of drug-likeness (QED) is 0.729. The third kappa shape index (κ3) is 3.33. The van der Waals surface area contributed by atoms with Crippen molar-refractivity contribution in [3.8, 4) is 0 Å². The van der Waals surface area contributed by atoms with Gasteiger partial charge in [-0.15, -0.1) is 0 Å². The Labute approximate surface area is 152 Å². The first kappa shape index (κ1) is 17.7. The lowest BCUT2D eigenvalue weighted by molar-refractivity contribution is 0.0828. The van der Waals surface area contributed by atoms with Crippen molar-refractivity contribution in [2.24, 2.45) is 0 Å². The Bertz CT molecular complexity index is 1040. The predicted molar refractivity (Wildman–Crippen MR) is 104 cm³/mol. The van der Waals surface area contributed by atoms with Crippen molar-refractivity contribution in [1.82, 2.24) is 4.90 Å². The van der Waals surface area contributed by atoms with E-state index in [1.54, 1.807) is 25.1 Å². The first-order valence-electron chi connectivity index (χ1n) is 8.46. The van der Waals surface area contributed by atoms with Gasteiger partial charge in [0.15, 0.2) is 0 Å². The molecule has 2 aromatic carbocycles. The number of aryl methyl sites for hydroxylation is 2. The van der Waals surface area contributed by atoms with E-state index in [2.05, 4.69) is 5.32 Å². The molecule has 0 spiro atoms. The van der Waals surface area contributed by atoms with E-state index in [0.717, 1.165) is 27.8 Å². The summed E-state index contributed by atoms with van der Waals surface area (Å²) in [5.74, 6) is -0.0722. The van der Waals surface area contributed by atoms with Gasteiger partial charge in [-0.3, -0.25) is 4.79 Å². The molecule has 0 radical (unpaired) electrons. The third-order valence-corrected chi connectivity index (χ3v) is 4.55. The van der Waals surface area contributed by atoms with Crippen molar-refractivity contribution in [3.63, 3.8) is 0 Å². The molecule has 5 nitrogen and oxygen atoms in total. The van der Waals surface area contributed by atoms with Crippen LogP contribution >= 0.6 is 0 Å². The van der Waals surface area contributed by atoms with Gasteiger partial charge in [0.1, 0.15) is 5.58 Å². The maximum Gasteiger partial charge on any atom is 0.336 e. The number of amides is 1. The highest BCUT2D eigenvalue weighted by atomic mass is 16.4. The van der Waals surface area contributed by atoms with E-state index in [4.69, 9.17) is 4.42 Å². The second-order valence-electron chi connectivity index (χ2n) is 6.57. The summed E-state index contributed by atoms with van der Waals surface area (Å²) in [6.07, 6.45) is 0. The fourth-order valence-corrected chi connectivity index (χ4v) is 2.93. The SMILES string of the molecule is Cc1ccc2c(CNc3ccccc3C(=O)N(C)C)cc(=O)oc2c1C. The number of rotatable bonds is 4. The lowest BCUT2D eigenvalue weighted by Gasteiger charge is -2.16. The van der Waals surface area contributed by atoms with Gasteiger partial charge in [-0.2, -0.15) is 0 Å². The minimum absolute atomic E-state index is 0.0722. The average molecular weight is 350 g/mol. The minimum Gasteiger partial charge on any atom is -0.422 e. The van der Waals surface area contributed by atoms with Crippen LogP contribution in [0.15, 0.2) is 51.7 Å². The van der Waals surface area contributed by atoms with Crippen LogP contribution in [0, 0.1) is 13.8 Å². The van der Waals surface area contributed by atoms with Crippen molar-refractivity contribution in [2.75, 3.05) is 19.4 Å². The monoisotopic (exact) mass is 350 g/mol. The largest absolute Gasteiger partial charge is 0.422 e. The van der Waals surface area contributed by atoms with Gasteiger partial charge in [0.05, 0.1) is 5.56 Å². The number of carbonyl (C=O) groups excluding carboxylic acids is 1. The number of hydrogen-bond acceptors (Lipinski definition) is 4. The van der Waals surface area contributed by atoms with E-state index in [1.165, 1.54) is 6.07 Å². The molecule has 5 heteroatoms. The number of nitrogens with one attached hydrogen (secondary N) is 1. The third-order valence-electron chi connectivity index (χ3n) is 4.55. The van der Waals surface area contributed by atoms with Gasteiger partial charge < -0.3 is 14.6 Å². The molecule has 0 fully saturated rings. The van der Waals surface area contributed by atoms with Crippen molar-refractivity contribution in [1.29, 1.82) is 0 Å². The van der Waals surface area contributed by atoms with E-state index < -0.39 is 0 Å². The molecule has 26 heavy (non-hydrogen) atoms. The number of benzene rings is 2. The highest BCUT2D eigenvalue weighted by Gasteiger charge is 2.14. The summed E-state index contributed by atoms with van der Waals surface area (Å²) in [7, 11) is 3.44. The molecule has 0 bridgehead atoms. The summed E-state index contributed by atoms with van der Waals surface area (Å²) in [5.41, 5.74) is 4.45. The van der Waals surface area contributed by atoms with Gasteiger partial charge in [0, 0.05) is 37.8 Å². The van der Waals surface area contributed by atoms with Gasteiger partial charge in [0.25, 0.3) is 5.91 Å². The highest BCUT2D eigenvalue weighted by molar-refractivity contribution is 5.99. The average Bonchev–Trinajstić information content (AvgIpc) is 2.62. The van der Waals surface area contributed by atoms with Crippen LogP contribution in [0.5, 0.6) is 0 Å². The second kappa shape index (κ2) is 7.04. The maximum atomic E-state index is 12.3. The smallest absolute Gasteiger partial charge is 0.336 e.